The van der Waals surface area contributed by atoms with Gasteiger partial charge in [-0.25, -0.2) is 0 Å². The van der Waals surface area contributed by atoms with Crippen LogP contribution in [0.1, 0.15) is 80.1 Å². The van der Waals surface area contributed by atoms with Crippen LogP contribution >= 0.6 is 0 Å². The first-order valence-electron chi connectivity index (χ1n) is 13.4. The zero-order chi connectivity index (χ0) is 28.3. The molecule has 0 aromatic heterocycles. The SMILES string of the molecule is CC(CC(C)(C)CC(=O)Oc1ccccc1)C(=O)CCCC(=O)C(C)CC(C)(C)C(=O)Oc1ccccc1. The van der Waals surface area contributed by atoms with Crippen molar-refractivity contribution in [3.05, 3.63) is 60.7 Å². The Morgan fingerprint density at radius 1 is 0.684 bits per heavy atom. The van der Waals surface area contributed by atoms with Gasteiger partial charge in [-0.15, -0.1) is 0 Å². The van der Waals surface area contributed by atoms with Gasteiger partial charge in [0.25, 0.3) is 0 Å². The van der Waals surface area contributed by atoms with Crippen molar-refractivity contribution in [1.82, 2.24) is 0 Å². The number of ketones is 2. The second-order valence-electron chi connectivity index (χ2n) is 11.7. The van der Waals surface area contributed by atoms with Crippen molar-refractivity contribution in [3.8, 4) is 11.5 Å². The monoisotopic (exact) mass is 522 g/mol. The number of carbonyl (C=O) groups excluding carboxylic acids is 4. The second-order valence-corrected chi connectivity index (χ2v) is 11.7. The summed E-state index contributed by atoms with van der Waals surface area (Å²) in [7, 11) is 0. The Hall–Kier alpha value is -3.28. The van der Waals surface area contributed by atoms with E-state index in [1.54, 1.807) is 62.4 Å². The van der Waals surface area contributed by atoms with Crippen LogP contribution in [-0.4, -0.2) is 23.5 Å². The molecule has 0 saturated carbocycles. The summed E-state index contributed by atoms with van der Waals surface area (Å²) >= 11 is 0. The molecule has 6 heteroatoms. The van der Waals surface area contributed by atoms with E-state index in [1.165, 1.54) is 0 Å². The Kier molecular flexibility index (Phi) is 11.4. The number of Topliss-reactive ketones (excluding diaryl/α,β-unsaturated/α-hetero) is 2. The van der Waals surface area contributed by atoms with Crippen LogP contribution in [0, 0.1) is 22.7 Å². The highest BCUT2D eigenvalue weighted by Gasteiger charge is 2.34. The third-order valence-corrected chi connectivity index (χ3v) is 6.73. The number of ether oxygens (including phenoxy) is 2. The predicted molar refractivity (Wildman–Crippen MR) is 148 cm³/mol. The molecular formula is C32H42O6. The van der Waals surface area contributed by atoms with Gasteiger partial charge in [0.1, 0.15) is 23.1 Å². The lowest BCUT2D eigenvalue weighted by Crippen LogP contribution is -2.32. The molecule has 2 unspecified atom stereocenters. The van der Waals surface area contributed by atoms with Gasteiger partial charge in [0, 0.05) is 24.7 Å². The Morgan fingerprint density at radius 3 is 1.63 bits per heavy atom. The Balaban J connectivity index is 1.74. The highest BCUT2D eigenvalue weighted by atomic mass is 16.5. The zero-order valence-electron chi connectivity index (χ0n) is 23.6. The first kappa shape index (κ1) is 30.9. The van der Waals surface area contributed by atoms with Crippen LogP contribution in [0.3, 0.4) is 0 Å². The molecule has 206 valence electrons. The third kappa shape index (κ3) is 10.6. The molecule has 0 amide bonds. The first-order chi connectivity index (χ1) is 17.8. The van der Waals surface area contributed by atoms with E-state index in [2.05, 4.69) is 0 Å². The molecule has 2 aromatic carbocycles. The summed E-state index contributed by atoms with van der Waals surface area (Å²) in [5.41, 5.74) is -1.21. The van der Waals surface area contributed by atoms with Gasteiger partial charge in [-0.2, -0.15) is 0 Å². The van der Waals surface area contributed by atoms with Crippen LogP contribution in [0.15, 0.2) is 60.7 Å². The van der Waals surface area contributed by atoms with Crippen molar-refractivity contribution < 1.29 is 28.7 Å². The van der Waals surface area contributed by atoms with E-state index in [0.29, 0.717) is 37.2 Å². The molecule has 0 aliphatic rings. The van der Waals surface area contributed by atoms with Crippen LogP contribution in [0.25, 0.3) is 0 Å². The van der Waals surface area contributed by atoms with Crippen LogP contribution < -0.4 is 9.47 Å². The van der Waals surface area contributed by atoms with Gasteiger partial charge in [0.15, 0.2) is 0 Å². The number of benzene rings is 2. The standard InChI is InChI=1S/C32H42O6/c1-23(20-31(3,4)22-29(35)37-25-14-9-7-10-15-25)27(33)18-13-19-28(34)24(2)21-32(5,6)30(36)38-26-16-11-8-12-17-26/h7-12,14-17,23-24H,13,18-22H2,1-6H3. The van der Waals surface area contributed by atoms with Gasteiger partial charge in [-0.1, -0.05) is 64.1 Å². The Bertz CT molecular complexity index is 1070. The average Bonchev–Trinajstić information content (AvgIpc) is 2.84. The normalized spacial score (nSPS) is 13.3. The van der Waals surface area contributed by atoms with E-state index in [4.69, 9.17) is 9.47 Å². The topological polar surface area (TPSA) is 86.7 Å². The van der Waals surface area contributed by atoms with Crippen LogP contribution in [0.5, 0.6) is 11.5 Å². The first-order valence-corrected chi connectivity index (χ1v) is 13.4. The lowest BCUT2D eigenvalue weighted by atomic mass is 9.78. The number of hydrogen-bond donors (Lipinski definition) is 0. The van der Waals surface area contributed by atoms with Crippen molar-refractivity contribution in [2.45, 2.75) is 80.1 Å². The van der Waals surface area contributed by atoms with Crippen LogP contribution in [-0.2, 0) is 19.2 Å². The largest absolute Gasteiger partial charge is 0.427 e. The summed E-state index contributed by atoms with van der Waals surface area (Å²) < 4.78 is 10.9. The minimum absolute atomic E-state index is 0.0371. The zero-order valence-corrected chi connectivity index (χ0v) is 23.6. The lowest BCUT2D eigenvalue weighted by Gasteiger charge is -2.26. The van der Waals surface area contributed by atoms with Crippen LogP contribution in [0.4, 0.5) is 0 Å². The van der Waals surface area contributed by atoms with Crippen LogP contribution in [0.2, 0.25) is 0 Å². The predicted octanol–water partition coefficient (Wildman–Crippen LogP) is 7.00. The smallest absolute Gasteiger partial charge is 0.316 e. The summed E-state index contributed by atoms with van der Waals surface area (Å²) in [6.45, 7) is 11.2. The van der Waals surface area contributed by atoms with E-state index < -0.39 is 10.8 Å². The molecular weight excluding hydrogens is 480 g/mol. The van der Waals surface area contributed by atoms with E-state index in [1.807, 2.05) is 39.8 Å². The molecule has 6 nitrogen and oxygen atoms in total. The fourth-order valence-electron chi connectivity index (χ4n) is 4.69. The molecule has 0 bridgehead atoms. The van der Waals surface area contributed by atoms with Crippen molar-refractivity contribution >= 4 is 23.5 Å². The van der Waals surface area contributed by atoms with Gasteiger partial charge < -0.3 is 9.47 Å². The van der Waals surface area contributed by atoms with Gasteiger partial charge >= 0.3 is 11.9 Å². The van der Waals surface area contributed by atoms with Gasteiger partial charge in [-0.3, -0.25) is 19.2 Å². The minimum atomic E-state index is -0.817. The number of esters is 2. The molecule has 2 atom stereocenters. The molecule has 0 radical (unpaired) electrons. The Morgan fingerprint density at radius 2 is 1.13 bits per heavy atom. The summed E-state index contributed by atoms with van der Waals surface area (Å²) in [6.07, 6.45) is 2.20. The fraction of sp³-hybridized carbons (Fsp3) is 0.500. The van der Waals surface area contributed by atoms with Crippen molar-refractivity contribution in [2.75, 3.05) is 0 Å². The number of carbonyl (C=O) groups is 4. The number of hydrogen-bond acceptors (Lipinski definition) is 6. The fourth-order valence-corrected chi connectivity index (χ4v) is 4.69. The maximum absolute atomic E-state index is 12.8. The summed E-state index contributed by atoms with van der Waals surface area (Å²) in [5.74, 6) is -0.138. The molecule has 0 N–H and O–H groups in total. The molecule has 0 spiro atoms. The maximum Gasteiger partial charge on any atom is 0.316 e. The second kappa shape index (κ2) is 14.0. The molecule has 0 aliphatic carbocycles. The quantitative estimate of drug-likeness (QED) is 0.185. The van der Waals surface area contributed by atoms with Crippen molar-refractivity contribution in [3.63, 3.8) is 0 Å². The number of rotatable bonds is 15. The van der Waals surface area contributed by atoms with Crippen molar-refractivity contribution in [1.29, 1.82) is 0 Å². The summed E-state index contributed by atoms with van der Waals surface area (Å²) in [4.78, 5) is 50.5. The number of para-hydroxylation sites is 2. The molecule has 0 fully saturated rings. The molecule has 2 aromatic rings. The molecule has 0 saturated heterocycles. The highest BCUT2D eigenvalue weighted by molar-refractivity contribution is 5.85. The molecule has 2 rings (SSSR count). The van der Waals surface area contributed by atoms with E-state index >= 15 is 0 Å². The van der Waals surface area contributed by atoms with E-state index in [9.17, 15) is 19.2 Å². The highest BCUT2D eigenvalue weighted by Crippen LogP contribution is 2.32. The van der Waals surface area contributed by atoms with Gasteiger partial charge in [0.2, 0.25) is 0 Å². The summed E-state index contributed by atoms with van der Waals surface area (Å²) in [5, 5.41) is 0. The van der Waals surface area contributed by atoms with E-state index in [-0.39, 0.29) is 48.2 Å². The molecule has 38 heavy (non-hydrogen) atoms. The van der Waals surface area contributed by atoms with Crippen molar-refractivity contribution in [2.24, 2.45) is 22.7 Å². The summed E-state index contributed by atoms with van der Waals surface area (Å²) in [6, 6.07) is 17.8. The van der Waals surface area contributed by atoms with Gasteiger partial charge in [0.05, 0.1) is 11.8 Å². The average molecular weight is 523 g/mol. The van der Waals surface area contributed by atoms with E-state index in [0.717, 1.165) is 0 Å². The lowest BCUT2D eigenvalue weighted by molar-refractivity contribution is -0.145. The molecule has 0 heterocycles. The molecule has 0 aliphatic heterocycles. The van der Waals surface area contributed by atoms with Gasteiger partial charge in [-0.05, 0) is 62.8 Å². The minimum Gasteiger partial charge on any atom is -0.427 e. The third-order valence-electron chi connectivity index (χ3n) is 6.73. The maximum atomic E-state index is 12.8. The Labute approximate surface area is 227 Å².